The molecule has 0 spiro atoms. The van der Waals surface area contributed by atoms with Crippen LogP contribution in [0.3, 0.4) is 0 Å². The number of nitroso groups, excluding NO2 is 1. The van der Waals surface area contributed by atoms with Crippen molar-refractivity contribution in [3.05, 3.63) is 22.6 Å². The number of carbonyl (C=O) groups excluding carboxylic acids is 1. The molecule has 0 bridgehead atoms. The normalized spacial score (nSPS) is 15.3. The van der Waals surface area contributed by atoms with Crippen LogP contribution in [-0.2, 0) is 4.74 Å². The second-order valence-corrected chi connectivity index (χ2v) is 4.90. The molecule has 0 N–H and O–H groups in total. The van der Waals surface area contributed by atoms with Crippen LogP contribution in [0.15, 0.2) is 17.3 Å². The number of ether oxygens (including phenoxy) is 3. The first-order valence-electron chi connectivity index (χ1n) is 7.22. The number of aldehydes is 1. The van der Waals surface area contributed by atoms with Gasteiger partial charge >= 0.3 is 0 Å². The van der Waals surface area contributed by atoms with E-state index in [1.165, 1.54) is 13.2 Å². The van der Waals surface area contributed by atoms with E-state index in [-0.39, 0.29) is 17.0 Å². The summed E-state index contributed by atoms with van der Waals surface area (Å²) in [5.41, 5.74) is 0.163. The van der Waals surface area contributed by atoms with E-state index in [1.807, 2.05) is 0 Å². The van der Waals surface area contributed by atoms with Crippen molar-refractivity contribution >= 4 is 12.0 Å². The van der Waals surface area contributed by atoms with Crippen LogP contribution in [0.4, 0.5) is 5.69 Å². The van der Waals surface area contributed by atoms with Crippen LogP contribution in [0, 0.1) is 4.91 Å². The lowest BCUT2D eigenvalue weighted by atomic mass is 10.1. The molecule has 0 unspecified atom stereocenters. The Kier molecular flexibility index (Phi) is 6.29. The number of methoxy groups -OCH3 is 1. The Morgan fingerprint density at radius 1 is 1.36 bits per heavy atom. The molecule has 0 radical (unpaired) electrons. The lowest BCUT2D eigenvalue weighted by molar-refractivity contribution is 0.0357. The number of nitrogens with zero attached hydrogens (tertiary/aromatic N) is 2. The van der Waals surface area contributed by atoms with Crippen LogP contribution in [0.25, 0.3) is 0 Å². The minimum absolute atomic E-state index is 0.0248. The fraction of sp³-hybridized carbons (Fsp3) is 0.533. The highest BCUT2D eigenvalue weighted by atomic mass is 16.5. The Labute approximate surface area is 129 Å². The molecule has 0 amide bonds. The van der Waals surface area contributed by atoms with Gasteiger partial charge in [0.1, 0.15) is 0 Å². The van der Waals surface area contributed by atoms with Crippen molar-refractivity contribution < 1.29 is 19.0 Å². The summed E-state index contributed by atoms with van der Waals surface area (Å²) < 4.78 is 16.1. The van der Waals surface area contributed by atoms with E-state index in [4.69, 9.17) is 14.2 Å². The van der Waals surface area contributed by atoms with Gasteiger partial charge < -0.3 is 14.2 Å². The molecule has 120 valence electrons. The van der Waals surface area contributed by atoms with E-state index >= 15 is 0 Å². The number of benzene rings is 1. The molecule has 1 aromatic carbocycles. The molecule has 0 saturated carbocycles. The second kappa shape index (κ2) is 8.45. The molecule has 1 heterocycles. The van der Waals surface area contributed by atoms with Crippen molar-refractivity contribution in [1.29, 1.82) is 0 Å². The van der Waals surface area contributed by atoms with Crippen LogP contribution >= 0.6 is 0 Å². The van der Waals surface area contributed by atoms with E-state index in [0.29, 0.717) is 18.6 Å². The average Bonchev–Trinajstić information content (AvgIpc) is 2.58. The third kappa shape index (κ3) is 4.02. The maximum Gasteiger partial charge on any atom is 0.190 e. The SMILES string of the molecule is COc1c(OCCCN2CCOCC2)ccc(C=O)c1N=O. The summed E-state index contributed by atoms with van der Waals surface area (Å²) in [5, 5.41) is 2.87. The van der Waals surface area contributed by atoms with Crippen LogP contribution in [0.1, 0.15) is 16.8 Å². The van der Waals surface area contributed by atoms with Gasteiger partial charge in [-0.05, 0) is 23.7 Å². The highest BCUT2D eigenvalue weighted by Crippen LogP contribution is 2.39. The number of hydrogen-bond acceptors (Lipinski definition) is 7. The van der Waals surface area contributed by atoms with Crippen LogP contribution in [0.2, 0.25) is 0 Å². The van der Waals surface area contributed by atoms with Gasteiger partial charge in [-0.25, -0.2) is 0 Å². The third-order valence-corrected chi connectivity index (χ3v) is 3.53. The molecule has 0 atom stereocenters. The zero-order valence-electron chi connectivity index (χ0n) is 12.6. The first-order valence-corrected chi connectivity index (χ1v) is 7.22. The monoisotopic (exact) mass is 308 g/mol. The van der Waals surface area contributed by atoms with Gasteiger partial charge in [0.15, 0.2) is 23.5 Å². The molecule has 1 fully saturated rings. The summed E-state index contributed by atoms with van der Waals surface area (Å²) in [6.45, 7) is 4.85. The lowest BCUT2D eigenvalue weighted by Gasteiger charge is -2.26. The summed E-state index contributed by atoms with van der Waals surface area (Å²) in [7, 11) is 1.42. The second-order valence-electron chi connectivity index (χ2n) is 4.90. The number of rotatable bonds is 8. The highest BCUT2D eigenvalue weighted by Gasteiger charge is 2.16. The fourth-order valence-electron chi connectivity index (χ4n) is 2.36. The fourth-order valence-corrected chi connectivity index (χ4v) is 2.36. The Morgan fingerprint density at radius 2 is 2.14 bits per heavy atom. The molecule has 0 aliphatic carbocycles. The molecule has 2 rings (SSSR count). The molecule has 1 aliphatic heterocycles. The maximum absolute atomic E-state index is 10.9. The van der Waals surface area contributed by atoms with Crippen LogP contribution < -0.4 is 9.47 Å². The third-order valence-electron chi connectivity index (χ3n) is 3.53. The lowest BCUT2D eigenvalue weighted by Crippen LogP contribution is -2.37. The van der Waals surface area contributed by atoms with Gasteiger partial charge in [-0.2, -0.15) is 0 Å². The first-order chi connectivity index (χ1) is 10.8. The molecule has 1 aliphatic rings. The van der Waals surface area contributed by atoms with Gasteiger partial charge in [-0.1, -0.05) is 0 Å². The zero-order chi connectivity index (χ0) is 15.8. The Morgan fingerprint density at radius 3 is 2.77 bits per heavy atom. The molecule has 7 nitrogen and oxygen atoms in total. The summed E-state index contributed by atoms with van der Waals surface area (Å²) in [6, 6.07) is 3.12. The van der Waals surface area contributed by atoms with Crippen molar-refractivity contribution in [2.75, 3.05) is 46.6 Å². The highest BCUT2D eigenvalue weighted by molar-refractivity contribution is 5.86. The number of morpholine rings is 1. The number of carbonyl (C=O) groups is 1. The Balaban J connectivity index is 1.91. The van der Waals surface area contributed by atoms with Gasteiger partial charge in [0, 0.05) is 25.2 Å². The predicted octanol–water partition coefficient (Wildman–Crippen LogP) is 2.01. The quantitative estimate of drug-likeness (QED) is 0.415. The molecular formula is C15H20N2O5. The van der Waals surface area contributed by atoms with Crippen molar-refractivity contribution in [3.63, 3.8) is 0 Å². The van der Waals surface area contributed by atoms with E-state index in [0.717, 1.165) is 39.3 Å². The van der Waals surface area contributed by atoms with Gasteiger partial charge in [0.25, 0.3) is 0 Å². The van der Waals surface area contributed by atoms with Crippen molar-refractivity contribution in [3.8, 4) is 11.5 Å². The average molecular weight is 308 g/mol. The smallest absolute Gasteiger partial charge is 0.190 e. The van der Waals surface area contributed by atoms with Crippen molar-refractivity contribution in [2.45, 2.75) is 6.42 Å². The first kappa shape index (κ1) is 16.4. The van der Waals surface area contributed by atoms with Crippen LogP contribution in [-0.4, -0.2) is 57.8 Å². The Hall–Kier alpha value is -1.99. The van der Waals surface area contributed by atoms with E-state index in [2.05, 4.69) is 10.1 Å². The standard InChI is InChI=1S/C15H20N2O5/c1-20-15-13(4-3-12(11-18)14(15)16-19)22-8-2-5-17-6-9-21-10-7-17/h3-4,11H,2,5-10H2,1H3. The largest absolute Gasteiger partial charge is 0.491 e. The minimum Gasteiger partial charge on any atom is -0.491 e. The van der Waals surface area contributed by atoms with Gasteiger partial charge in [0.2, 0.25) is 0 Å². The summed E-state index contributed by atoms with van der Waals surface area (Å²) >= 11 is 0. The zero-order valence-corrected chi connectivity index (χ0v) is 12.6. The number of hydrogen-bond donors (Lipinski definition) is 0. The topological polar surface area (TPSA) is 77.4 Å². The molecule has 0 aromatic heterocycles. The van der Waals surface area contributed by atoms with E-state index < -0.39 is 0 Å². The van der Waals surface area contributed by atoms with E-state index in [1.54, 1.807) is 6.07 Å². The molecule has 7 heteroatoms. The summed E-state index contributed by atoms with van der Waals surface area (Å²) in [4.78, 5) is 24.1. The van der Waals surface area contributed by atoms with E-state index in [9.17, 15) is 9.70 Å². The van der Waals surface area contributed by atoms with Crippen molar-refractivity contribution in [2.24, 2.45) is 5.18 Å². The Bertz CT molecular complexity index is 515. The molecule has 1 aromatic rings. The van der Waals surface area contributed by atoms with Gasteiger partial charge in [0.05, 0.1) is 26.9 Å². The van der Waals surface area contributed by atoms with Crippen molar-refractivity contribution in [1.82, 2.24) is 4.90 Å². The van der Waals surface area contributed by atoms with Gasteiger partial charge in [-0.3, -0.25) is 9.69 Å². The van der Waals surface area contributed by atoms with Crippen LogP contribution in [0.5, 0.6) is 11.5 Å². The predicted molar refractivity (Wildman–Crippen MR) is 81.2 cm³/mol. The molecule has 1 saturated heterocycles. The minimum atomic E-state index is -0.0248. The summed E-state index contributed by atoms with van der Waals surface area (Å²) in [6.07, 6.45) is 1.42. The molecule has 22 heavy (non-hydrogen) atoms. The molecular weight excluding hydrogens is 288 g/mol. The van der Waals surface area contributed by atoms with Gasteiger partial charge in [-0.15, -0.1) is 4.91 Å². The summed E-state index contributed by atoms with van der Waals surface area (Å²) in [5.74, 6) is 0.621. The maximum atomic E-state index is 10.9.